The Morgan fingerprint density at radius 2 is 1.45 bits per heavy atom. The average molecular weight is 564 g/mol. The molecule has 0 spiro atoms. The standard InChI is InChI=1S/C24H23F6N3O4S/c25-23(26,27)18-2-1-3-20(12-18)38(36,37)15-16-4-6-17(7-5-16)21(34)33-13-19(14-33)31-8-10-32(11-9-31)22(35)24(28,29)30/h1-7,12,19H,8-11,13-15H2. The lowest BCUT2D eigenvalue weighted by molar-refractivity contribution is -0.187. The molecule has 2 aliphatic heterocycles. The number of benzene rings is 2. The smallest absolute Gasteiger partial charge is 0.335 e. The SMILES string of the molecule is O=C(c1ccc(CS(=O)(=O)c2cccc(C(F)(F)F)c2)cc1)N1CC(N2CCN(C(=O)C(F)(F)F)CC2)C1. The molecule has 0 saturated carbocycles. The van der Waals surface area contributed by atoms with E-state index in [-0.39, 0.29) is 38.1 Å². The maximum atomic E-state index is 12.9. The fourth-order valence-electron chi connectivity index (χ4n) is 4.42. The minimum Gasteiger partial charge on any atom is -0.335 e. The molecule has 0 unspecified atom stereocenters. The molecular formula is C24H23F6N3O4S. The van der Waals surface area contributed by atoms with E-state index < -0.39 is 44.3 Å². The van der Waals surface area contributed by atoms with Crippen molar-refractivity contribution >= 4 is 21.7 Å². The van der Waals surface area contributed by atoms with Crippen molar-refractivity contribution in [2.24, 2.45) is 0 Å². The predicted octanol–water partition coefficient (Wildman–Crippen LogP) is 3.21. The van der Waals surface area contributed by atoms with Gasteiger partial charge in [-0.1, -0.05) is 18.2 Å². The first kappa shape index (κ1) is 27.9. The van der Waals surface area contributed by atoms with Gasteiger partial charge in [0.15, 0.2) is 9.84 Å². The molecule has 2 fully saturated rings. The second-order valence-corrected chi connectivity index (χ2v) is 11.2. The molecule has 0 bridgehead atoms. The number of nitrogens with zero attached hydrogens (tertiary/aromatic N) is 3. The van der Waals surface area contributed by atoms with Gasteiger partial charge in [-0.2, -0.15) is 26.3 Å². The van der Waals surface area contributed by atoms with Crippen molar-refractivity contribution in [1.29, 1.82) is 0 Å². The van der Waals surface area contributed by atoms with E-state index in [1.807, 2.05) is 4.90 Å². The van der Waals surface area contributed by atoms with E-state index in [0.29, 0.717) is 30.3 Å². The third-order valence-corrected chi connectivity index (χ3v) is 8.27. The van der Waals surface area contributed by atoms with Crippen molar-refractivity contribution < 1.29 is 44.3 Å². The van der Waals surface area contributed by atoms with Crippen molar-refractivity contribution in [3.8, 4) is 0 Å². The summed E-state index contributed by atoms with van der Waals surface area (Å²) >= 11 is 0. The Morgan fingerprint density at radius 1 is 0.842 bits per heavy atom. The molecule has 2 saturated heterocycles. The number of carbonyl (C=O) groups is 2. The molecule has 38 heavy (non-hydrogen) atoms. The van der Waals surface area contributed by atoms with Crippen molar-refractivity contribution in [2.75, 3.05) is 39.3 Å². The van der Waals surface area contributed by atoms with E-state index in [0.717, 1.165) is 23.1 Å². The van der Waals surface area contributed by atoms with Gasteiger partial charge in [0.05, 0.1) is 16.2 Å². The Bertz CT molecular complexity index is 1300. The Balaban J connectivity index is 1.30. The molecule has 0 N–H and O–H groups in total. The van der Waals surface area contributed by atoms with Crippen LogP contribution in [0.4, 0.5) is 26.3 Å². The largest absolute Gasteiger partial charge is 0.471 e. The Kier molecular flexibility index (Phi) is 7.49. The number of hydrogen-bond acceptors (Lipinski definition) is 5. The fourth-order valence-corrected chi connectivity index (χ4v) is 5.81. The van der Waals surface area contributed by atoms with E-state index in [9.17, 15) is 44.3 Å². The summed E-state index contributed by atoms with van der Waals surface area (Å²) in [5.41, 5.74) is -0.472. The summed E-state index contributed by atoms with van der Waals surface area (Å²) in [5.74, 6) is -2.70. The van der Waals surface area contributed by atoms with E-state index >= 15 is 0 Å². The first-order valence-electron chi connectivity index (χ1n) is 11.5. The lowest BCUT2D eigenvalue weighted by Crippen LogP contribution is -2.65. The predicted molar refractivity (Wildman–Crippen MR) is 123 cm³/mol. The van der Waals surface area contributed by atoms with Gasteiger partial charge in [0.2, 0.25) is 0 Å². The number of likely N-dealkylation sites (tertiary alicyclic amines) is 1. The number of sulfone groups is 1. The summed E-state index contributed by atoms with van der Waals surface area (Å²) in [6.45, 7) is 1.16. The zero-order valence-corrected chi connectivity index (χ0v) is 20.6. The highest BCUT2D eigenvalue weighted by atomic mass is 32.2. The third kappa shape index (κ3) is 6.12. The third-order valence-electron chi connectivity index (χ3n) is 6.59. The van der Waals surface area contributed by atoms with Crippen molar-refractivity contribution in [3.05, 3.63) is 65.2 Å². The number of hydrogen-bond donors (Lipinski definition) is 0. The van der Waals surface area contributed by atoms with Gasteiger partial charge in [-0.05, 0) is 35.9 Å². The van der Waals surface area contributed by atoms with Gasteiger partial charge in [-0.25, -0.2) is 8.42 Å². The van der Waals surface area contributed by atoms with Crippen LogP contribution in [0.3, 0.4) is 0 Å². The number of piperazine rings is 1. The second-order valence-electron chi connectivity index (χ2n) is 9.17. The minimum atomic E-state index is -4.90. The highest BCUT2D eigenvalue weighted by Gasteiger charge is 2.44. The van der Waals surface area contributed by atoms with Crippen LogP contribution in [0, 0.1) is 0 Å². The molecule has 2 heterocycles. The highest BCUT2D eigenvalue weighted by Crippen LogP contribution is 2.31. The first-order valence-corrected chi connectivity index (χ1v) is 13.2. The molecule has 2 amide bonds. The van der Waals surface area contributed by atoms with Gasteiger partial charge >= 0.3 is 18.3 Å². The van der Waals surface area contributed by atoms with Crippen LogP contribution in [0.25, 0.3) is 0 Å². The Labute approximate surface area is 214 Å². The van der Waals surface area contributed by atoms with Gasteiger partial charge in [0.25, 0.3) is 5.91 Å². The molecular weight excluding hydrogens is 540 g/mol. The van der Waals surface area contributed by atoms with Crippen LogP contribution in [-0.4, -0.2) is 86.4 Å². The van der Waals surface area contributed by atoms with E-state index in [4.69, 9.17) is 0 Å². The molecule has 7 nitrogen and oxygen atoms in total. The van der Waals surface area contributed by atoms with Crippen molar-refractivity contribution in [1.82, 2.24) is 14.7 Å². The van der Waals surface area contributed by atoms with Crippen LogP contribution >= 0.6 is 0 Å². The summed E-state index contributed by atoms with van der Waals surface area (Å²) in [5, 5.41) is 0. The highest BCUT2D eigenvalue weighted by molar-refractivity contribution is 7.90. The van der Waals surface area contributed by atoms with Crippen molar-refractivity contribution in [3.63, 3.8) is 0 Å². The molecule has 2 aliphatic rings. The van der Waals surface area contributed by atoms with Gasteiger partial charge in [-0.3, -0.25) is 14.5 Å². The van der Waals surface area contributed by atoms with Crippen LogP contribution in [0.1, 0.15) is 21.5 Å². The van der Waals surface area contributed by atoms with Gasteiger partial charge in [-0.15, -0.1) is 0 Å². The van der Waals surface area contributed by atoms with Crippen LogP contribution in [0.5, 0.6) is 0 Å². The zero-order valence-electron chi connectivity index (χ0n) is 19.8. The molecule has 0 aromatic heterocycles. The Morgan fingerprint density at radius 3 is 2.00 bits per heavy atom. The molecule has 0 radical (unpaired) electrons. The van der Waals surface area contributed by atoms with Gasteiger partial charge < -0.3 is 9.80 Å². The lowest BCUT2D eigenvalue weighted by atomic mass is 10.0. The average Bonchev–Trinajstić information content (AvgIpc) is 2.82. The summed E-state index contributed by atoms with van der Waals surface area (Å²) in [6, 6.07) is 9.17. The van der Waals surface area contributed by atoms with Gasteiger partial charge in [0.1, 0.15) is 0 Å². The molecule has 2 aromatic carbocycles. The number of amides is 2. The number of carbonyl (C=O) groups excluding carboxylic acids is 2. The number of halogens is 6. The topological polar surface area (TPSA) is 78.0 Å². The molecule has 2 aromatic rings. The van der Waals surface area contributed by atoms with E-state index in [2.05, 4.69) is 0 Å². The van der Waals surface area contributed by atoms with Crippen LogP contribution in [0.15, 0.2) is 53.4 Å². The van der Waals surface area contributed by atoms with Gasteiger partial charge in [0, 0.05) is 50.9 Å². The molecule has 0 atom stereocenters. The molecule has 4 rings (SSSR count). The zero-order chi connectivity index (χ0) is 27.9. The fraction of sp³-hybridized carbons (Fsp3) is 0.417. The monoisotopic (exact) mass is 563 g/mol. The lowest BCUT2D eigenvalue weighted by Gasteiger charge is -2.48. The summed E-state index contributed by atoms with van der Waals surface area (Å²) < 4.78 is 102. The number of alkyl halides is 6. The molecule has 0 aliphatic carbocycles. The van der Waals surface area contributed by atoms with E-state index in [1.54, 1.807) is 4.90 Å². The van der Waals surface area contributed by atoms with Crippen molar-refractivity contribution in [2.45, 2.75) is 29.0 Å². The maximum absolute atomic E-state index is 12.9. The maximum Gasteiger partial charge on any atom is 0.471 e. The van der Waals surface area contributed by atoms with E-state index in [1.165, 1.54) is 24.3 Å². The summed E-state index contributed by atoms with van der Waals surface area (Å²) in [4.78, 5) is 27.9. The minimum absolute atomic E-state index is 0.0426. The normalized spacial score (nSPS) is 17.8. The molecule has 206 valence electrons. The van der Waals surface area contributed by atoms with Crippen LogP contribution in [-0.2, 0) is 26.6 Å². The first-order chi connectivity index (χ1) is 17.6. The molecule has 14 heteroatoms. The quantitative estimate of drug-likeness (QED) is 0.523. The van der Waals surface area contributed by atoms with Crippen LogP contribution < -0.4 is 0 Å². The van der Waals surface area contributed by atoms with Crippen LogP contribution in [0.2, 0.25) is 0 Å². The summed E-state index contributed by atoms with van der Waals surface area (Å²) in [6.07, 6.45) is -9.58. The summed E-state index contributed by atoms with van der Waals surface area (Å²) in [7, 11) is -4.06. The number of rotatable bonds is 5. The Hall–Kier alpha value is -3.13. The second kappa shape index (κ2) is 10.2.